The topological polar surface area (TPSA) is 247 Å². The number of esters is 2. The van der Waals surface area contributed by atoms with Crippen LogP contribution in [0.25, 0.3) is 128 Å². The molecule has 0 spiro atoms. The summed E-state index contributed by atoms with van der Waals surface area (Å²) in [6.45, 7) is 36.9. The zero-order valence-corrected chi connectivity index (χ0v) is 84.1. The van der Waals surface area contributed by atoms with Crippen LogP contribution in [-0.4, -0.2) is 185 Å². The summed E-state index contributed by atoms with van der Waals surface area (Å²) in [4.78, 5) is 60.2. The molecule has 23 nitrogen and oxygen atoms in total. The van der Waals surface area contributed by atoms with Crippen LogP contribution in [0, 0.1) is 20.8 Å². The third-order valence-corrected chi connectivity index (χ3v) is 30.1. The first-order chi connectivity index (χ1) is 64.5. The van der Waals surface area contributed by atoms with E-state index in [-0.39, 0.29) is 13.2 Å². The summed E-state index contributed by atoms with van der Waals surface area (Å²) in [5.41, 5.74) is 20.8. The van der Waals surface area contributed by atoms with Crippen molar-refractivity contribution in [2.45, 2.75) is 181 Å². The van der Waals surface area contributed by atoms with Gasteiger partial charge in [-0.15, -0.1) is 34.0 Å². The molecule has 0 radical (unpaired) electrons. The number of aliphatic carboxylic acids is 1. The Hall–Kier alpha value is -9.98. The quantitative estimate of drug-likeness (QED) is 0.0599. The summed E-state index contributed by atoms with van der Waals surface area (Å²) >= 11 is 23.7. The first kappa shape index (κ1) is 95.3. The van der Waals surface area contributed by atoms with E-state index in [1.54, 1.807) is 34.0 Å². The van der Waals surface area contributed by atoms with Gasteiger partial charge in [-0.2, -0.15) is 15.3 Å². The van der Waals surface area contributed by atoms with Crippen LogP contribution in [0.3, 0.4) is 0 Å². The van der Waals surface area contributed by atoms with Gasteiger partial charge in [-0.3, -0.25) is 23.8 Å². The number of carboxylic acid groups (broad SMARTS) is 1. The molecule has 704 valence electrons. The second-order valence-electron chi connectivity index (χ2n) is 39.0. The summed E-state index contributed by atoms with van der Waals surface area (Å²) in [5.74, 6) is -0.687. The van der Waals surface area contributed by atoms with Crippen molar-refractivity contribution in [2.75, 3.05) is 78.9 Å². The zero-order valence-electron chi connectivity index (χ0n) is 79.4. The third-order valence-electron chi connectivity index (χ3n) is 25.9. The van der Waals surface area contributed by atoms with E-state index in [1.807, 2.05) is 211 Å². The van der Waals surface area contributed by atoms with Crippen LogP contribution in [0.4, 0.5) is 0 Å². The number of nitrogens with one attached hydrogen (secondary N) is 1. The highest BCUT2D eigenvalue weighted by molar-refractivity contribution is 7.23. The predicted octanol–water partition coefficient (Wildman–Crippen LogP) is 23.7. The molecule has 15 aromatic rings. The summed E-state index contributed by atoms with van der Waals surface area (Å²) in [6.07, 6.45) is 0.290. The van der Waals surface area contributed by atoms with Gasteiger partial charge in [0.15, 0.2) is 18.3 Å². The molecule has 5 saturated heterocycles. The van der Waals surface area contributed by atoms with Crippen molar-refractivity contribution in [1.29, 1.82) is 0 Å². The van der Waals surface area contributed by atoms with Crippen LogP contribution in [0.15, 0.2) is 146 Å². The van der Waals surface area contributed by atoms with Gasteiger partial charge in [-0.25, -0.2) is 29.3 Å². The van der Waals surface area contributed by atoms with Gasteiger partial charge in [0.25, 0.3) is 0 Å². The summed E-state index contributed by atoms with van der Waals surface area (Å²) in [7, 11) is 6.04. The third kappa shape index (κ3) is 19.8. The van der Waals surface area contributed by atoms with E-state index in [2.05, 4.69) is 81.8 Å². The van der Waals surface area contributed by atoms with Crippen LogP contribution < -0.4 is 5.32 Å². The Bertz CT molecular complexity index is 7010. The monoisotopic (exact) mass is 1930 g/mol. The Kier molecular flexibility index (Phi) is 27.4. The maximum Gasteiger partial charge on any atom is 0.339 e. The number of aromatic nitrogens is 9. The molecule has 5 aliphatic heterocycles. The fraction of sp³-hybridized carbons (Fsp3) is 0.406. The number of carboxylic acids is 1. The highest BCUT2D eigenvalue weighted by Gasteiger charge is 2.41. The molecular weight excluding hydrogens is 1820 g/mol. The lowest BCUT2D eigenvalue weighted by molar-refractivity contribution is -0.167. The number of benzene rings is 9. The number of hydrogen-bond acceptors (Lipinski definition) is 22. The number of aryl methyl sites for hydroxylation is 6. The number of thiazole rings is 3. The second kappa shape index (κ2) is 38.8. The van der Waals surface area contributed by atoms with E-state index in [1.165, 1.54) is 10.8 Å². The van der Waals surface area contributed by atoms with Gasteiger partial charge in [-0.1, -0.05) is 71.2 Å². The molecule has 0 amide bonds. The molecule has 3 unspecified atom stereocenters. The lowest BCUT2D eigenvalue weighted by Gasteiger charge is -2.34. The van der Waals surface area contributed by atoms with Gasteiger partial charge < -0.3 is 43.6 Å². The number of carbonyl (C=O) groups is 3. The SMILES string of the molecule is CCOC(=O)[C@@H](OC(C)(C)C)c1c(C)cc2nc(-c3ccc4c(c3)c(C3CCN(C5COC5)C3)nn4C)sc2c1-c1ccc(Cl)cc1.CCOC(=O)[C@@H](OC(C)(C)C)c1c(C)cc2nc(-c3ccc4c(c3)c(C3CCNC3)nn4C)sc2c1-c1ccc(Cl)cc1.Cc1cc2nc(-c3ccc4c(c3)c(C3CCN(C5COC5)C3)nn4C)sc2c(-c2ccc(Cl)cc2)c1[C@H](OC(C)(C)C)C(=O)O. The van der Waals surface area contributed by atoms with E-state index in [0.29, 0.717) is 50.5 Å². The number of likely N-dealkylation sites (tertiary alicyclic amines) is 2. The Morgan fingerprint density at radius 3 is 1.04 bits per heavy atom. The highest BCUT2D eigenvalue weighted by Crippen LogP contribution is 2.51. The molecule has 5 fully saturated rings. The van der Waals surface area contributed by atoms with E-state index in [0.717, 1.165) is 248 Å². The lowest BCUT2D eigenvalue weighted by atomic mass is 9.91. The van der Waals surface area contributed by atoms with E-state index < -0.39 is 53.0 Å². The van der Waals surface area contributed by atoms with Crippen LogP contribution in [-0.2, 0) is 68.7 Å². The van der Waals surface area contributed by atoms with Gasteiger partial charge in [-0.05, 0) is 278 Å². The molecule has 29 heteroatoms. The smallest absolute Gasteiger partial charge is 0.339 e. The Balaban J connectivity index is 0.000000135. The molecule has 5 aliphatic rings. The molecule has 6 aromatic heterocycles. The van der Waals surface area contributed by atoms with Crippen molar-refractivity contribution in [3.05, 3.63) is 211 Å². The van der Waals surface area contributed by atoms with Crippen molar-refractivity contribution < 1.29 is 52.6 Å². The first-order valence-electron chi connectivity index (χ1n) is 46.5. The molecular formula is C106H115Cl3N12O11S3. The van der Waals surface area contributed by atoms with Crippen molar-refractivity contribution >= 4 is 150 Å². The molecule has 11 heterocycles. The second-order valence-corrected chi connectivity index (χ2v) is 43.3. The maximum atomic E-state index is 13.5. The summed E-state index contributed by atoms with van der Waals surface area (Å²) in [5, 5.41) is 36.9. The molecule has 0 bridgehead atoms. The van der Waals surface area contributed by atoms with Crippen molar-refractivity contribution in [3.8, 4) is 65.1 Å². The molecule has 0 saturated carbocycles. The van der Waals surface area contributed by atoms with E-state index in [4.69, 9.17) is 98.2 Å². The Morgan fingerprint density at radius 2 is 0.756 bits per heavy atom. The van der Waals surface area contributed by atoms with Gasteiger partial charge in [0.2, 0.25) is 0 Å². The summed E-state index contributed by atoms with van der Waals surface area (Å²) < 4.78 is 49.9. The van der Waals surface area contributed by atoms with Gasteiger partial charge in [0, 0.05) is 140 Å². The van der Waals surface area contributed by atoms with Crippen molar-refractivity contribution in [1.82, 2.24) is 59.4 Å². The number of rotatable bonds is 22. The van der Waals surface area contributed by atoms with Crippen LogP contribution >= 0.6 is 68.8 Å². The number of hydrogen-bond donors (Lipinski definition) is 2. The minimum Gasteiger partial charge on any atom is -0.479 e. The molecule has 0 aliphatic carbocycles. The van der Waals surface area contributed by atoms with Crippen molar-refractivity contribution in [3.63, 3.8) is 0 Å². The van der Waals surface area contributed by atoms with Crippen molar-refractivity contribution in [2.24, 2.45) is 21.1 Å². The van der Waals surface area contributed by atoms with Crippen LogP contribution in [0.2, 0.25) is 15.1 Å². The average molecular weight is 1940 g/mol. The highest BCUT2D eigenvalue weighted by atomic mass is 35.5. The zero-order chi connectivity index (χ0) is 95.1. The minimum atomic E-state index is -1.16. The number of ether oxygens (including phenoxy) is 7. The fourth-order valence-corrected chi connectivity index (χ4v) is 23.3. The van der Waals surface area contributed by atoms with E-state index >= 15 is 0 Å². The number of nitrogens with zero attached hydrogens (tertiary/aromatic N) is 11. The lowest BCUT2D eigenvalue weighted by Crippen LogP contribution is -2.47. The predicted molar refractivity (Wildman–Crippen MR) is 542 cm³/mol. The van der Waals surface area contributed by atoms with Crippen LogP contribution in [0.1, 0.15) is 182 Å². The number of fused-ring (bicyclic) bond motifs is 6. The standard InChI is InChI=1S/C37H41ClN4O4S.C35H37ClN4O4S.C34H37ClN4O3S/c1-7-45-36(43)33(46-37(3,4)5)30-21(2)16-28-34(31(30)22-8-11-25(38)12-9-22)47-35(39-28)23-10-13-29-27(17-23)32(40-41(29)6)24-14-15-42(18-24)26-19-44-20-26;1-19-14-26-32(29(20-6-9-23(36)10-7-20)28(19)31(34(41)42)44-35(2,3)4)45-33(37-26)21-8-11-27-25(15-21)30(38-39(27)5)22-12-13-40(16-22)24-17-43-18-24;1-7-41-33(40)30(42-34(3,4)5)27-19(2)16-25-31(28(27)20-8-11-23(35)12-9-20)43-32(37-25)21-10-13-26-24(17-21)29(38-39(26)6)22-14-15-36-18-22/h8-13,16-17,24,26,33H,7,14-15,18-20H2,1-6H3;6-11,14-15,22,24,31H,12-13,16-18H2,1-5H3,(H,41,42);8-13,16-17,22,30,36H,7,14-15,18H2,1-6H3/t24?,33-;22?,31-;22?,30-/m000/s1. The maximum absolute atomic E-state index is 13.5. The summed E-state index contributed by atoms with van der Waals surface area (Å²) in [6, 6.07) is 49.7. The van der Waals surface area contributed by atoms with Gasteiger partial charge in [0.1, 0.15) is 15.0 Å². The minimum absolute atomic E-state index is 0.262. The average Bonchev–Trinajstić information content (AvgIpc) is 1.72. The number of carbonyl (C=O) groups excluding carboxylic acids is 2. The van der Waals surface area contributed by atoms with Gasteiger partial charge in [0.05, 0.1) is 133 Å². The van der Waals surface area contributed by atoms with Gasteiger partial charge >= 0.3 is 17.9 Å². The van der Waals surface area contributed by atoms with E-state index in [9.17, 15) is 19.5 Å². The Morgan fingerprint density at radius 1 is 0.444 bits per heavy atom. The molecule has 2 N–H and O–H groups in total. The molecule has 135 heavy (non-hydrogen) atoms. The molecule has 20 rings (SSSR count). The number of halogens is 3. The fourth-order valence-electron chi connectivity index (χ4n) is 19.5. The molecule has 6 atom stereocenters. The Labute approximate surface area is 813 Å². The molecule has 9 aromatic carbocycles. The normalized spacial score (nSPS) is 17.7. The van der Waals surface area contributed by atoms with Crippen LogP contribution in [0.5, 0.6) is 0 Å². The first-order valence-corrected chi connectivity index (χ1v) is 50.0. The largest absolute Gasteiger partial charge is 0.479 e.